The van der Waals surface area contributed by atoms with Gasteiger partial charge < -0.3 is 14.9 Å². The first-order valence-corrected chi connectivity index (χ1v) is 11.8. The molecule has 2 N–H and O–H groups in total. The molecule has 5 aromatic rings. The van der Waals surface area contributed by atoms with Gasteiger partial charge in [-0.25, -0.2) is 4.98 Å². The predicted octanol–water partition coefficient (Wildman–Crippen LogP) is 8.52. The number of azo groups is 2. The van der Waals surface area contributed by atoms with Crippen molar-refractivity contribution in [3.8, 4) is 27.8 Å². The van der Waals surface area contributed by atoms with Gasteiger partial charge in [-0.15, -0.1) is 21.6 Å². The number of aryl methyl sites for hydroxylation is 1. The summed E-state index contributed by atoms with van der Waals surface area (Å²) < 4.78 is 6.61. The van der Waals surface area contributed by atoms with E-state index in [1.807, 2.05) is 36.4 Å². The SMILES string of the molecule is COc1cc(N=Nc2ccc(-c3nc4cccc(C)c4s3)cc2)ccc1N=Nc1ccc(O)cc1O. The Labute approximate surface area is 210 Å². The summed E-state index contributed by atoms with van der Waals surface area (Å²) in [5.74, 6) is 0.225. The smallest absolute Gasteiger partial charge is 0.148 e. The van der Waals surface area contributed by atoms with Crippen molar-refractivity contribution in [2.75, 3.05) is 7.11 Å². The van der Waals surface area contributed by atoms with Crippen LogP contribution in [0.3, 0.4) is 0 Å². The number of rotatable bonds is 6. The maximum atomic E-state index is 9.87. The second-order valence-electron chi connectivity index (χ2n) is 7.92. The summed E-state index contributed by atoms with van der Waals surface area (Å²) in [5, 5.41) is 37.0. The van der Waals surface area contributed by atoms with Gasteiger partial charge in [0.2, 0.25) is 0 Å². The molecule has 0 atom stereocenters. The number of phenolic OH excluding ortho intramolecular Hbond substituents is 2. The van der Waals surface area contributed by atoms with Crippen LogP contribution in [0.4, 0.5) is 22.7 Å². The van der Waals surface area contributed by atoms with Gasteiger partial charge in [0.25, 0.3) is 0 Å². The van der Waals surface area contributed by atoms with Gasteiger partial charge in [0.15, 0.2) is 0 Å². The highest BCUT2D eigenvalue weighted by Gasteiger charge is 2.08. The van der Waals surface area contributed by atoms with Crippen LogP contribution in [0.1, 0.15) is 5.56 Å². The number of phenols is 2. The molecule has 0 saturated carbocycles. The Morgan fingerprint density at radius 2 is 1.50 bits per heavy atom. The maximum absolute atomic E-state index is 9.87. The molecule has 0 aliphatic heterocycles. The van der Waals surface area contributed by atoms with Crippen molar-refractivity contribution in [2.24, 2.45) is 20.5 Å². The van der Waals surface area contributed by atoms with E-state index in [0.717, 1.165) is 16.1 Å². The number of thiazole rings is 1. The van der Waals surface area contributed by atoms with Crippen LogP contribution in [0, 0.1) is 6.92 Å². The summed E-state index contributed by atoms with van der Waals surface area (Å²) in [6.07, 6.45) is 0. The molecule has 0 radical (unpaired) electrons. The highest BCUT2D eigenvalue weighted by atomic mass is 32.1. The lowest BCUT2D eigenvalue weighted by molar-refractivity contribution is 0.416. The fourth-order valence-corrected chi connectivity index (χ4v) is 4.55. The summed E-state index contributed by atoms with van der Waals surface area (Å²) in [4.78, 5) is 4.75. The molecular formula is C27H21N5O3S. The molecule has 0 aliphatic carbocycles. The third-order valence-electron chi connectivity index (χ3n) is 5.39. The maximum Gasteiger partial charge on any atom is 0.148 e. The Morgan fingerprint density at radius 3 is 2.25 bits per heavy atom. The molecule has 0 spiro atoms. The molecule has 178 valence electrons. The number of aromatic nitrogens is 1. The zero-order valence-corrected chi connectivity index (χ0v) is 20.3. The van der Waals surface area contributed by atoms with Gasteiger partial charge in [-0.2, -0.15) is 10.2 Å². The number of methoxy groups -OCH3 is 1. The number of fused-ring (bicyclic) bond motifs is 1. The van der Waals surface area contributed by atoms with Crippen LogP contribution in [-0.4, -0.2) is 22.3 Å². The van der Waals surface area contributed by atoms with Crippen LogP contribution in [0.25, 0.3) is 20.8 Å². The molecule has 8 nitrogen and oxygen atoms in total. The van der Waals surface area contributed by atoms with E-state index >= 15 is 0 Å². The molecule has 0 unspecified atom stereocenters. The Kier molecular flexibility index (Phi) is 6.38. The highest BCUT2D eigenvalue weighted by molar-refractivity contribution is 7.21. The number of hydrogen-bond acceptors (Lipinski definition) is 9. The third kappa shape index (κ3) is 4.91. The lowest BCUT2D eigenvalue weighted by Gasteiger charge is -2.04. The summed E-state index contributed by atoms with van der Waals surface area (Å²) in [6.45, 7) is 2.10. The van der Waals surface area contributed by atoms with Gasteiger partial charge in [-0.1, -0.05) is 12.1 Å². The second-order valence-corrected chi connectivity index (χ2v) is 8.92. The fourth-order valence-electron chi connectivity index (χ4n) is 3.51. The third-order valence-corrected chi connectivity index (χ3v) is 6.65. The number of aromatic hydroxyl groups is 2. The number of hydrogen-bond donors (Lipinski definition) is 2. The average Bonchev–Trinajstić information content (AvgIpc) is 3.33. The first-order valence-electron chi connectivity index (χ1n) is 11.0. The van der Waals surface area contributed by atoms with E-state index in [2.05, 4.69) is 33.4 Å². The van der Waals surface area contributed by atoms with Crippen LogP contribution in [-0.2, 0) is 0 Å². The normalized spacial score (nSPS) is 11.6. The quantitative estimate of drug-likeness (QED) is 0.230. The van der Waals surface area contributed by atoms with Crippen molar-refractivity contribution in [1.29, 1.82) is 0 Å². The van der Waals surface area contributed by atoms with Crippen LogP contribution in [0.5, 0.6) is 17.2 Å². The van der Waals surface area contributed by atoms with Gasteiger partial charge in [0.05, 0.1) is 28.7 Å². The Bertz CT molecular complexity index is 1610. The molecule has 0 bridgehead atoms. The van der Waals surface area contributed by atoms with E-state index in [9.17, 15) is 10.2 Å². The molecule has 0 amide bonds. The molecule has 0 aliphatic rings. The molecule has 5 rings (SSSR count). The lowest BCUT2D eigenvalue weighted by Crippen LogP contribution is -1.82. The summed E-state index contributed by atoms with van der Waals surface area (Å²) in [6, 6.07) is 23.2. The van der Waals surface area contributed by atoms with Crippen molar-refractivity contribution in [2.45, 2.75) is 6.92 Å². The standard InChI is InChI=1S/C27H21N5O3S/c1-16-4-3-5-23-26(16)36-27(28-23)17-6-8-18(9-7-17)29-30-19-10-12-22(25(14-19)35-2)32-31-21-13-11-20(33)15-24(21)34/h3-15,33-34H,1-2H3. The average molecular weight is 496 g/mol. The summed E-state index contributed by atoms with van der Waals surface area (Å²) in [7, 11) is 1.52. The Hall–Kier alpha value is -4.63. The van der Waals surface area contributed by atoms with Crippen LogP contribution < -0.4 is 4.74 Å². The predicted molar refractivity (Wildman–Crippen MR) is 141 cm³/mol. The van der Waals surface area contributed by atoms with E-state index in [4.69, 9.17) is 9.72 Å². The van der Waals surface area contributed by atoms with Crippen molar-refractivity contribution in [3.63, 3.8) is 0 Å². The van der Waals surface area contributed by atoms with E-state index < -0.39 is 0 Å². The second kappa shape index (κ2) is 9.93. The van der Waals surface area contributed by atoms with E-state index in [1.165, 1.54) is 35.6 Å². The van der Waals surface area contributed by atoms with E-state index in [0.29, 0.717) is 22.8 Å². The van der Waals surface area contributed by atoms with Gasteiger partial charge in [-0.05, 0) is 67.1 Å². The van der Waals surface area contributed by atoms with Crippen molar-refractivity contribution >= 4 is 44.3 Å². The van der Waals surface area contributed by atoms with Crippen LogP contribution in [0.2, 0.25) is 0 Å². The summed E-state index contributed by atoms with van der Waals surface area (Å²) >= 11 is 1.68. The minimum absolute atomic E-state index is 0.0554. The molecule has 0 saturated heterocycles. The molecular weight excluding hydrogens is 474 g/mol. The molecule has 1 heterocycles. The van der Waals surface area contributed by atoms with Crippen molar-refractivity contribution in [1.82, 2.24) is 4.98 Å². The van der Waals surface area contributed by atoms with Crippen LogP contribution >= 0.6 is 11.3 Å². The van der Waals surface area contributed by atoms with E-state index in [-0.39, 0.29) is 17.2 Å². The molecule has 36 heavy (non-hydrogen) atoms. The topological polar surface area (TPSA) is 112 Å². The first kappa shape index (κ1) is 23.1. The van der Waals surface area contributed by atoms with Gasteiger partial charge in [-0.3, -0.25) is 0 Å². The monoisotopic (exact) mass is 495 g/mol. The minimum atomic E-state index is -0.174. The van der Waals surface area contributed by atoms with Crippen molar-refractivity contribution in [3.05, 3.63) is 84.4 Å². The largest absolute Gasteiger partial charge is 0.508 e. The molecule has 4 aromatic carbocycles. The van der Waals surface area contributed by atoms with Crippen molar-refractivity contribution < 1.29 is 14.9 Å². The van der Waals surface area contributed by atoms with Gasteiger partial charge in [0, 0.05) is 17.7 Å². The fraction of sp³-hybridized carbons (Fsp3) is 0.0741. The highest BCUT2D eigenvalue weighted by Crippen LogP contribution is 2.36. The number of benzene rings is 4. The first-order chi connectivity index (χ1) is 17.5. The Morgan fingerprint density at radius 1 is 0.778 bits per heavy atom. The number of nitrogens with zero attached hydrogens (tertiary/aromatic N) is 5. The summed E-state index contributed by atoms with van der Waals surface area (Å²) in [5.41, 5.74) is 5.25. The number of ether oxygens (including phenoxy) is 1. The molecule has 0 fully saturated rings. The van der Waals surface area contributed by atoms with Crippen LogP contribution in [0.15, 0.2) is 99.3 Å². The zero-order valence-electron chi connectivity index (χ0n) is 19.5. The van der Waals surface area contributed by atoms with Gasteiger partial charge >= 0.3 is 0 Å². The molecule has 9 heteroatoms. The van der Waals surface area contributed by atoms with Gasteiger partial charge in [0.1, 0.15) is 33.6 Å². The molecule has 1 aromatic heterocycles. The minimum Gasteiger partial charge on any atom is -0.508 e. The lowest BCUT2D eigenvalue weighted by atomic mass is 10.2. The zero-order chi connectivity index (χ0) is 25.1. The Balaban J connectivity index is 1.32. The van der Waals surface area contributed by atoms with E-state index in [1.54, 1.807) is 29.5 Å².